The molecule has 0 amide bonds. The Morgan fingerprint density at radius 3 is 2.71 bits per heavy atom. The summed E-state index contributed by atoms with van der Waals surface area (Å²) in [5, 5.41) is 0.649. The van der Waals surface area contributed by atoms with Crippen molar-refractivity contribution in [1.82, 2.24) is 0 Å². The predicted octanol–water partition coefficient (Wildman–Crippen LogP) is 5.71. The molecule has 4 heteroatoms. The molecule has 1 nitrogen and oxygen atoms in total. The highest BCUT2D eigenvalue weighted by Crippen LogP contribution is 2.34. The van der Waals surface area contributed by atoms with Crippen molar-refractivity contribution < 1.29 is 4.79 Å². The zero-order chi connectivity index (χ0) is 12.3. The molecule has 1 saturated carbocycles. The first kappa shape index (κ1) is 13.6. The van der Waals surface area contributed by atoms with Gasteiger partial charge >= 0.3 is 0 Å². The Kier molecular flexibility index (Phi) is 5.07. The van der Waals surface area contributed by atoms with Gasteiger partial charge in [-0.25, -0.2) is 0 Å². The predicted molar refractivity (Wildman–Crippen MR) is 77.2 cm³/mol. The summed E-state index contributed by atoms with van der Waals surface area (Å²) in [5.74, 6) is 1.01. The van der Waals surface area contributed by atoms with E-state index in [4.69, 9.17) is 11.6 Å². The van der Waals surface area contributed by atoms with E-state index >= 15 is 0 Å². The summed E-state index contributed by atoms with van der Waals surface area (Å²) in [6.07, 6.45) is 8.40. The summed E-state index contributed by atoms with van der Waals surface area (Å²) in [5.41, 5.74) is 0. The molecule has 1 heterocycles. The van der Waals surface area contributed by atoms with Crippen LogP contribution in [0.3, 0.4) is 0 Å². The van der Waals surface area contributed by atoms with Crippen molar-refractivity contribution in [2.75, 3.05) is 0 Å². The van der Waals surface area contributed by atoms with E-state index in [1.807, 2.05) is 0 Å². The second-order valence-corrected chi connectivity index (χ2v) is 7.48. The fourth-order valence-electron chi connectivity index (χ4n) is 2.42. The standard InChI is InChI=1S/C13H16BrClOS/c14-13-10(15)8-12(17-13)11(16)7-6-9-4-2-1-3-5-9/h8-9H,1-7H2. The molecule has 0 unspecified atom stereocenters. The van der Waals surface area contributed by atoms with Crippen LogP contribution in [0.5, 0.6) is 0 Å². The van der Waals surface area contributed by atoms with Gasteiger partial charge in [-0.3, -0.25) is 4.79 Å². The first-order valence-electron chi connectivity index (χ1n) is 6.15. The molecule has 1 aromatic heterocycles. The second kappa shape index (κ2) is 6.35. The Hall–Kier alpha value is 0.140. The van der Waals surface area contributed by atoms with Crippen LogP contribution in [0.1, 0.15) is 54.6 Å². The SMILES string of the molecule is O=C(CCC1CCCCC1)c1cc(Cl)c(Br)s1. The van der Waals surface area contributed by atoms with Gasteiger partial charge in [-0.15, -0.1) is 11.3 Å². The number of halogens is 2. The molecule has 1 fully saturated rings. The Labute approximate surface area is 120 Å². The van der Waals surface area contributed by atoms with Gasteiger partial charge in [-0.05, 0) is 34.3 Å². The highest BCUT2D eigenvalue weighted by Gasteiger charge is 2.17. The molecular formula is C13H16BrClOS. The van der Waals surface area contributed by atoms with Gasteiger partial charge in [0.2, 0.25) is 0 Å². The van der Waals surface area contributed by atoms with E-state index in [0.29, 0.717) is 11.4 Å². The van der Waals surface area contributed by atoms with Crippen LogP contribution >= 0.6 is 38.9 Å². The summed E-state index contributed by atoms with van der Waals surface area (Å²) in [7, 11) is 0. The van der Waals surface area contributed by atoms with E-state index in [1.54, 1.807) is 6.07 Å². The van der Waals surface area contributed by atoms with Crippen LogP contribution < -0.4 is 0 Å². The highest BCUT2D eigenvalue weighted by molar-refractivity contribution is 9.11. The molecule has 0 aliphatic heterocycles. The molecule has 94 valence electrons. The van der Waals surface area contributed by atoms with E-state index in [-0.39, 0.29) is 5.78 Å². The van der Waals surface area contributed by atoms with Gasteiger partial charge in [0, 0.05) is 6.42 Å². The quantitative estimate of drug-likeness (QED) is 0.644. The van der Waals surface area contributed by atoms with Crippen LogP contribution in [0.2, 0.25) is 5.02 Å². The van der Waals surface area contributed by atoms with E-state index in [9.17, 15) is 4.79 Å². The lowest BCUT2D eigenvalue weighted by atomic mass is 9.85. The van der Waals surface area contributed by atoms with Crippen molar-refractivity contribution in [2.45, 2.75) is 44.9 Å². The maximum Gasteiger partial charge on any atom is 0.172 e. The van der Waals surface area contributed by atoms with Crippen LogP contribution in [-0.4, -0.2) is 5.78 Å². The van der Waals surface area contributed by atoms with Crippen LogP contribution in [0, 0.1) is 5.92 Å². The van der Waals surface area contributed by atoms with Crippen molar-refractivity contribution in [3.05, 3.63) is 19.8 Å². The molecular weight excluding hydrogens is 320 g/mol. The molecule has 0 radical (unpaired) electrons. The Morgan fingerprint density at radius 2 is 2.12 bits per heavy atom. The Balaban J connectivity index is 1.84. The van der Waals surface area contributed by atoms with E-state index < -0.39 is 0 Å². The van der Waals surface area contributed by atoms with Gasteiger partial charge in [-0.1, -0.05) is 43.7 Å². The normalized spacial score (nSPS) is 17.3. The topological polar surface area (TPSA) is 17.1 Å². The van der Waals surface area contributed by atoms with Gasteiger partial charge in [-0.2, -0.15) is 0 Å². The fraction of sp³-hybridized carbons (Fsp3) is 0.615. The number of thiophene rings is 1. The zero-order valence-corrected chi connectivity index (χ0v) is 12.8. The lowest BCUT2D eigenvalue weighted by molar-refractivity contribution is 0.0974. The third-order valence-corrected chi connectivity index (χ3v) is 5.94. The van der Waals surface area contributed by atoms with Gasteiger partial charge in [0.25, 0.3) is 0 Å². The minimum Gasteiger partial charge on any atom is -0.293 e. The van der Waals surface area contributed by atoms with Gasteiger partial charge in [0.1, 0.15) is 0 Å². The second-order valence-electron chi connectivity index (χ2n) is 4.70. The molecule has 1 aromatic rings. The number of rotatable bonds is 4. The van der Waals surface area contributed by atoms with Crippen LogP contribution in [0.4, 0.5) is 0 Å². The molecule has 1 aliphatic carbocycles. The van der Waals surface area contributed by atoms with Crippen molar-refractivity contribution in [1.29, 1.82) is 0 Å². The monoisotopic (exact) mass is 334 g/mol. The van der Waals surface area contributed by atoms with Crippen molar-refractivity contribution in [3.63, 3.8) is 0 Å². The smallest absolute Gasteiger partial charge is 0.172 e. The molecule has 0 bridgehead atoms. The molecule has 0 aromatic carbocycles. The minimum atomic E-state index is 0.244. The average Bonchev–Trinajstić information content (AvgIpc) is 2.68. The molecule has 2 rings (SSSR count). The van der Waals surface area contributed by atoms with E-state index in [2.05, 4.69) is 15.9 Å². The van der Waals surface area contributed by atoms with Gasteiger partial charge in [0.05, 0.1) is 13.7 Å². The maximum atomic E-state index is 12.0. The van der Waals surface area contributed by atoms with Gasteiger partial charge < -0.3 is 0 Å². The number of carbonyl (C=O) groups is 1. The third kappa shape index (κ3) is 3.80. The Bertz CT molecular complexity index is 377. The number of carbonyl (C=O) groups excluding carboxylic acids is 1. The van der Waals surface area contributed by atoms with Crippen molar-refractivity contribution >= 4 is 44.7 Å². The van der Waals surface area contributed by atoms with E-state index in [0.717, 1.165) is 21.0 Å². The lowest BCUT2D eigenvalue weighted by Gasteiger charge is -2.20. The van der Waals surface area contributed by atoms with Crippen LogP contribution in [0.25, 0.3) is 0 Å². The molecule has 1 aliphatic rings. The third-order valence-electron chi connectivity index (χ3n) is 3.42. The largest absolute Gasteiger partial charge is 0.293 e. The van der Waals surface area contributed by atoms with Gasteiger partial charge in [0.15, 0.2) is 5.78 Å². The summed E-state index contributed by atoms with van der Waals surface area (Å²) in [6, 6.07) is 1.78. The van der Waals surface area contributed by atoms with E-state index in [1.165, 1.54) is 43.4 Å². The molecule has 0 atom stereocenters. The number of hydrogen-bond donors (Lipinski definition) is 0. The minimum absolute atomic E-state index is 0.244. The molecule has 0 saturated heterocycles. The van der Waals surface area contributed by atoms with Crippen LogP contribution in [-0.2, 0) is 0 Å². The fourth-order valence-corrected chi connectivity index (χ4v) is 4.09. The number of Topliss-reactive ketones (excluding diaryl/α,β-unsaturated/α-hetero) is 1. The molecule has 0 spiro atoms. The first-order chi connectivity index (χ1) is 8.16. The average molecular weight is 336 g/mol. The summed E-state index contributed by atoms with van der Waals surface area (Å²) < 4.78 is 0.861. The molecule has 0 N–H and O–H groups in total. The number of hydrogen-bond acceptors (Lipinski definition) is 2. The number of ketones is 1. The lowest BCUT2D eigenvalue weighted by Crippen LogP contribution is -2.08. The van der Waals surface area contributed by atoms with Crippen LogP contribution in [0.15, 0.2) is 9.85 Å². The van der Waals surface area contributed by atoms with Crippen molar-refractivity contribution in [3.8, 4) is 0 Å². The first-order valence-corrected chi connectivity index (χ1v) is 8.13. The molecule has 17 heavy (non-hydrogen) atoms. The van der Waals surface area contributed by atoms with Crippen molar-refractivity contribution in [2.24, 2.45) is 5.92 Å². The highest BCUT2D eigenvalue weighted by atomic mass is 79.9. The zero-order valence-electron chi connectivity index (χ0n) is 9.68. The summed E-state index contributed by atoms with van der Waals surface area (Å²) >= 11 is 10.7. The summed E-state index contributed by atoms with van der Waals surface area (Å²) in [4.78, 5) is 12.8. The summed E-state index contributed by atoms with van der Waals surface area (Å²) in [6.45, 7) is 0. The Morgan fingerprint density at radius 1 is 1.41 bits per heavy atom. The maximum absolute atomic E-state index is 12.0.